The quantitative estimate of drug-likeness (QED) is 0.0405. The summed E-state index contributed by atoms with van der Waals surface area (Å²) in [6, 6.07) is 0. The molecule has 0 radical (unpaired) electrons. The molecule has 102 heavy (non-hydrogen) atoms. The maximum atomic E-state index is 12.6. The van der Waals surface area contributed by atoms with Gasteiger partial charge in [0.25, 0.3) is 12.2 Å². The van der Waals surface area contributed by atoms with Crippen LogP contribution in [-0.4, -0.2) is 133 Å². The number of carbonyl (C=O) groups is 8. The van der Waals surface area contributed by atoms with Crippen LogP contribution in [0.1, 0.15) is 275 Å². The maximum Gasteiger partial charge on any atom is 0.434 e. The highest BCUT2D eigenvalue weighted by atomic mass is 19.4. The van der Waals surface area contributed by atoms with Crippen LogP contribution >= 0.6 is 0 Å². The maximum absolute atomic E-state index is 12.6. The van der Waals surface area contributed by atoms with Gasteiger partial charge in [0.15, 0.2) is 13.2 Å². The van der Waals surface area contributed by atoms with Crippen LogP contribution in [-0.2, 0) is 76.3 Å². The third kappa shape index (κ3) is 35.5. The molecule has 4 aliphatic carbocycles. The fraction of sp³-hybridized carbons (Fsp3) is 0.882. The molecule has 0 aromatic carbocycles. The molecule has 0 amide bonds. The predicted molar refractivity (Wildman–Crippen MR) is 330 cm³/mol. The van der Waals surface area contributed by atoms with Gasteiger partial charge in [-0.2, -0.15) is 79.0 Å². The van der Waals surface area contributed by atoms with Gasteiger partial charge in [0.05, 0.1) is 35.5 Å². The number of hydrogen-bond donors (Lipinski definition) is 0. The van der Waals surface area contributed by atoms with Crippen molar-refractivity contribution >= 4 is 47.8 Å². The lowest BCUT2D eigenvalue weighted by molar-refractivity contribution is -0.314. The van der Waals surface area contributed by atoms with E-state index in [9.17, 15) is 117 Å². The van der Waals surface area contributed by atoms with E-state index in [1.807, 2.05) is 34.6 Å². The van der Waals surface area contributed by atoms with E-state index >= 15 is 0 Å². The fourth-order valence-electron chi connectivity index (χ4n) is 11.2. The first kappa shape index (κ1) is 94.5. The Labute approximate surface area is 583 Å². The fourth-order valence-corrected chi connectivity index (χ4v) is 11.2. The highest BCUT2D eigenvalue weighted by Gasteiger charge is 2.62. The van der Waals surface area contributed by atoms with Crippen molar-refractivity contribution in [2.24, 2.45) is 22.7 Å². The molecule has 34 heteroatoms. The zero-order valence-corrected chi connectivity index (χ0v) is 59.7. The first-order valence-corrected chi connectivity index (χ1v) is 34.6. The van der Waals surface area contributed by atoms with Crippen LogP contribution in [0.2, 0.25) is 0 Å². The number of carbonyl (C=O) groups excluding carboxylic acids is 8. The van der Waals surface area contributed by atoms with Crippen LogP contribution in [0.5, 0.6) is 0 Å². The van der Waals surface area contributed by atoms with Gasteiger partial charge in [0.2, 0.25) is 0 Å². The Bertz CT molecular complexity index is 2560. The lowest BCUT2D eigenvalue weighted by atomic mass is 9.80. The van der Waals surface area contributed by atoms with Crippen molar-refractivity contribution in [1.29, 1.82) is 0 Å². The van der Waals surface area contributed by atoms with E-state index in [0.717, 1.165) is 77.0 Å². The molecular formula is C68H102F18O16. The Balaban J connectivity index is 0.000000681. The second-order valence-corrected chi connectivity index (χ2v) is 28.2. The summed E-state index contributed by atoms with van der Waals surface area (Å²) >= 11 is 0. The lowest BCUT2D eigenvalue weighted by Gasteiger charge is -2.39. The molecule has 0 aliphatic heterocycles. The van der Waals surface area contributed by atoms with Crippen molar-refractivity contribution in [3.8, 4) is 0 Å². The van der Waals surface area contributed by atoms with Crippen molar-refractivity contribution in [3.05, 3.63) is 0 Å². The third-order valence-corrected chi connectivity index (χ3v) is 18.7. The molecule has 4 saturated carbocycles. The van der Waals surface area contributed by atoms with Crippen molar-refractivity contribution < 1.29 is 155 Å². The van der Waals surface area contributed by atoms with E-state index in [1.165, 1.54) is 0 Å². The van der Waals surface area contributed by atoms with Gasteiger partial charge in [0.1, 0.15) is 22.4 Å². The molecule has 4 fully saturated rings. The molecule has 0 spiro atoms. The topological polar surface area (TPSA) is 210 Å². The molecule has 0 bridgehead atoms. The Morgan fingerprint density at radius 3 is 0.853 bits per heavy atom. The molecule has 0 heterocycles. The molecule has 16 nitrogen and oxygen atoms in total. The lowest BCUT2D eigenvalue weighted by Crippen LogP contribution is -2.48. The number of rotatable bonds is 28. The Hall–Kier alpha value is -5.50. The summed E-state index contributed by atoms with van der Waals surface area (Å²) in [7, 11) is 0. The number of hydrogen-bond acceptors (Lipinski definition) is 16. The summed E-state index contributed by atoms with van der Waals surface area (Å²) in [6.07, 6.45) is -25.3. The summed E-state index contributed by atoms with van der Waals surface area (Å²) < 4.78 is 261. The van der Waals surface area contributed by atoms with Crippen LogP contribution in [0.15, 0.2) is 0 Å². The Kier molecular flexibility index (Phi) is 37.8. The average molecular weight is 1520 g/mol. The molecule has 0 N–H and O–H groups in total. The van der Waals surface area contributed by atoms with E-state index < -0.39 is 150 Å². The molecule has 4 rings (SSSR count). The first-order valence-electron chi connectivity index (χ1n) is 34.6. The largest absolute Gasteiger partial charge is 0.459 e. The predicted octanol–water partition coefficient (Wildman–Crippen LogP) is 19.3. The standard InChI is InChI=1S/C18H29F3O4.C17H24F6O4.C17H27F3O4.C16H22F6O4/c1-4-16(2,3)15(23)25-17(10-6-5-7-11-17)12-8-9-14(22)24-13-18(19,20)21;1-4-14(2,3)13(25)27-15(8-6-5-7-9-15)10-11(24)26-12(16(18,19)20)17(21,22)23;1-3-13(2)15(22)24-16(9-5-4-6-10-16)11-7-8-14(21)23-12-17(18,19)20;1-3-10(2)12(24)26-14(7-5-4-6-8-14)9-11(23)25-13(15(17,18)19)16(20,21)22/h4-13H2,1-3H3;12H,4-10H2,1-3H3;13H,3-12H2,1-2H3;10,13H,3-9H2,1-2H3. The van der Waals surface area contributed by atoms with Crippen LogP contribution < -0.4 is 0 Å². The molecule has 2 unspecified atom stereocenters. The van der Waals surface area contributed by atoms with Gasteiger partial charge in [0, 0.05) is 12.8 Å². The second-order valence-electron chi connectivity index (χ2n) is 28.2. The highest BCUT2D eigenvalue weighted by Crippen LogP contribution is 2.44. The molecule has 0 aromatic rings. The minimum Gasteiger partial charge on any atom is -0.459 e. The molecule has 596 valence electrons. The average Bonchev–Trinajstić information content (AvgIpc) is 0.819. The van der Waals surface area contributed by atoms with Gasteiger partial charge in [-0.3, -0.25) is 38.4 Å². The summed E-state index contributed by atoms with van der Waals surface area (Å²) in [6.45, 7) is 14.5. The van der Waals surface area contributed by atoms with Gasteiger partial charge in [-0.15, -0.1) is 0 Å². The zero-order valence-electron chi connectivity index (χ0n) is 59.7. The minimum atomic E-state index is -5.78. The molecule has 0 aromatic heterocycles. The normalized spacial score (nSPS) is 18.5. The number of alkyl halides is 18. The van der Waals surface area contributed by atoms with Crippen LogP contribution in [0.4, 0.5) is 79.0 Å². The Morgan fingerprint density at radius 2 is 0.598 bits per heavy atom. The molecular weight excluding hydrogens is 1410 g/mol. The van der Waals surface area contributed by atoms with E-state index in [2.05, 4.69) is 18.9 Å². The van der Waals surface area contributed by atoms with Gasteiger partial charge in [-0.25, -0.2) is 0 Å². The third-order valence-electron chi connectivity index (χ3n) is 18.7. The summed E-state index contributed by atoms with van der Waals surface area (Å²) in [5.41, 5.74) is -5.52. The van der Waals surface area contributed by atoms with Crippen LogP contribution in [0.3, 0.4) is 0 Å². The molecule has 0 saturated heterocycles. The van der Waals surface area contributed by atoms with E-state index in [4.69, 9.17) is 18.9 Å². The van der Waals surface area contributed by atoms with Crippen molar-refractivity contribution in [2.75, 3.05) is 13.2 Å². The zero-order chi connectivity index (χ0) is 78.6. The minimum absolute atomic E-state index is 0.0985. The van der Waals surface area contributed by atoms with Crippen molar-refractivity contribution in [3.63, 3.8) is 0 Å². The van der Waals surface area contributed by atoms with E-state index in [0.29, 0.717) is 77.0 Å². The van der Waals surface area contributed by atoms with Gasteiger partial charge < -0.3 is 37.9 Å². The highest BCUT2D eigenvalue weighted by molar-refractivity contribution is 5.78. The summed E-state index contributed by atoms with van der Waals surface area (Å²) in [4.78, 5) is 95.5. The number of ether oxygens (including phenoxy) is 8. The molecule has 4 aliphatic rings. The smallest absolute Gasteiger partial charge is 0.434 e. The van der Waals surface area contributed by atoms with Crippen LogP contribution in [0, 0.1) is 22.7 Å². The summed E-state index contributed by atoms with van der Waals surface area (Å²) in [5, 5.41) is 0. The number of halogens is 18. The van der Waals surface area contributed by atoms with Gasteiger partial charge in [-0.05, 0) is 182 Å². The first-order chi connectivity index (χ1) is 46.6. The Morgan fingerprint density at radius 1 is 0.353 bits per heavy atom. The van der Waals surface area contributed by atoms with E-state index in [-0.39, 0.29) is 56.4 Å². The van der Waals surface area contributed by atoms with Crippen molar-refractivity contribution in [2.45, 2.75) is 346 Å². The second kappa shape index (κ2) is 40.8. The molecule has 2 atom stereocenters. The monoisotopic (exact) mass is 1520 g/mol. The van der Waals surface area contributed by atoms with Crippen LogP contribution in [0.25, 0.3) is 0 Å². The van der Waals surface area contributed by atoms with Gasteiger partial charge in [-0.1, -0.05) is 67.2 Å². The van der Waals surface area contributed by atoms with Gasteiger partial charge >= 0.3 is 84.8 Å². The van der Waals surface area contributed by atoms with Crippen molar-refractivity contribution in [1.82, 2.24) is 0 Å². The van der Waals surface area contributed by atoms with E-state index in [1.54, 1.807) is 34.6 Å². The SMILES string of the molecule is CCC(C)(C)C(=O)OC1(CC(=O)OC(C(F)(F)F)C(F)(F)F)CCCCC1.CCC(C)(C)C(=O)OC1(CCCC(=O)OCC(F)(F)F)CCCCC1.CCC(C)C(=O)OC1(CC(=O)OC(C(F)(F)F)C(F)(F)F)CCCCC1.CCC(C)C(=O)OC1(CCCC(=O)OCC(F)(F)F)CCCCC1. The summed E-state index contributed by atoms with van der Waals surface area (Å²) in [5.74, 6) is -7.58. The number of esters is 8.